The fourth-order valence-electron chi connectivity index (χ4n) is 6.69. The third-order valence-electron chi connectivity index (χ3n) is 8.63. The van der Waals surface area contributed by atoms with Crippen LogP contribution in [0.15, 0.2) is 23.8 Å². The Morgan fingerprint density at radius 1 is 1.25 bits per heavy atom. The van der Waals surface area contributed by atoms with E-state index in [2.05, 4.69) is 26.5 Å². The van der Waals surface area contributed by atoms with Gasteiger partial charge in [-0.15, -0.1) is 0 Å². The van der Waals surface area contributed by atoms with E-state index in [1.165, 1.54) is 5.57 Å². The first kappa shape index (κ1) is 20.1. The summed E-state index contributed by atoms with van der Waals surface area (Å²) in [5.41, 5.74) is -0.636. The topological polar surface area (TPSA) is 111 Å². The lowest BCUT2D eigenvalue weighted by atomic mass is 9.47. The number of aliphatic carboxylic acids is 1. The van der Waals surface area contributed by atoms with Crippen molar-refractivity contribution >= 4 is 5.97 Å². The van der Waals surface area contributed by atoms with Crippen LogP contribution in [-0.4, -0.2) is 56.4 Å². The van der Waals surface area contributed by atoms with Crippen LogP contribution in [0, 0.1) is 22.7 Å². The van der Waals surface area contributed by atoms with E-state index in [1.54, 1.807) is 0 Å². The van der Waals surface area contributed by atoms with Crippen molar-refractivity contribution in [3.63, 3.8) is 0 Å². The van der Waals surface area contributed by atoms with Crippen LogP contribution in [0.2, 0.25) is 0 Å². The van der Waals surface area contributed by atoms with E-state index in [0.717, 1.165) is 19.3 Å². The molecule has 6 nitrogen and oxygen atoms in total. The Balaban J connectivity index is 1.68. The first-order valence-electron chi connectivity index (χ1n) is 10.3. The number of ether oxygens (including phenoxy) is 1. The third kappa shape index (κ3) is 2.44. The van der Waals surface area contributed by atoms with Gasteiger partial charge in [-0.05, 0) is 62.4 Å². The second kappa shape index (κ2) is 6.14. The number of hydrogen-bond donors (Lipinski definition) is 4. The summed E-state index contributed by atoms with van der Waals surface area (Å²) in [5, 5.41) is 41.5. The molecule has 3 aliphatic carbocycles. The SMILES string of the molecule is C=C1[C@@H](O)[C@@H](O)[C@@]2(C[C@@H]3C(C)=CC[C@@H]4[C@@]3(C)CCC[C@@]4(C)C(=O)O)O[C@H]2[C@H]1O. The molecule has 1 saturated heterocycles. The van der Waals surface area contributed by atoms with Gasteiger partial charge in [0, 0.05) is 0 Å². The largest absolute Gasteiger partial charge is 0.481 e. The average Bonchev–Trinajstić information content (AvgIpc) is 3.37. The lowest BCUT2D eigenvalue weighted by Crippen LogP contribution is -2.56. The maximum absolute atomic E-state index is 12.1. The first-order valence-corrected chi connectivity index (χ1v) is 10.3. The predicted octanol–water partition coefficient (Wildman–Crippen LogP) is 2.03. The quantitative estimate of drug-likeness (QED) is 0.432. The molecule has 28 heavy (non-hydrogen) atoms. The van der Waals surface area contributed by atoms with Crippen LogP contribution < -0.4 is 0 Å². The number of epoxide rings is 1. The van der Waals surface area contributed by atoms with Gasteiger partial charge in [0.05, 0.1) is 5.41 Å². The zero-order valence-corrected chi connectivity index (χ0v) is 16.9. The van der Waals surface area contributed by atoms with E-state index in [0.29, 0.717) is 12.8 Å². The van der Waals surface area contributed by atoms with Gasteiger partial charge in [-0.1, -0.05) is 31.6 Å². The van der Waals surface area contributed by atoms with E-state index in [9.17, 15) is 25.2 Å². The molecule has 3 fully saturated rings. The summed E-state index contributed by atoms with van der Waals surface area (Å²) in [7, 11) is 0. The molecule has 0 radical (unpaired) electrons. The standard InChI is InChI=1S/C22H32O6/c1-11-6-7-14-20(3,8-5-9-21(14,4)19(26)27)13(11)10-22-17(25)15(23)12(2)16(24)18(22)28-22/h6,13-18,23-25H,2,5,7-10H2,1,3-4H3,(H,26,27)/t13-,14-,15-,16+,17-,18+,20+,21-,22-/m1/s1. The Morgan fingerprint density at radius 3 is 2.57 bits per heavy atom. The van der Waals surface area contributed by atoms with Gasteiger partial charge in [0.25, 0.3) is 0 Å². The summed E-state index contributed by atoms with van der Waals surface area (Å²) in [6, 6.07) is 0. The molecule has 4 aliphatic rings. The molecular formula is C22H32O6. The van der Waals surface area contributed by atoms with Crippen LogP contribution in [0.1, 0.15) is 52.9 Å². The van der Waals surface area contributed by atoms with E-state index < -0.39 is 41.4 Å². The number of rotatable bonds is 3. The molecule has 0 aromatic rings. The normalized spacial score (nSPS) is 53.1. The Hall–Kier alpha value is -1.21. The van der Waals surface area contributed by atoms with Gasteiger partial charge in [-0.2, -0.15) is 0 Å². The van der Waals surface area contributed by atoms with E-state index in [-0.39, 0.29) is 22.8 Å². The molecule has 0 bridgehead atoms. The molecule has 0 aromatic carbocycles. The molecule has 4 rings (SSSR count). The Kier molecular flexibility index (Phi) is 4.41. The van der Waals surface area contributed by atoms with Crippen molar-refractivity contribution < 1.29 is 30.0 Å². The number of aliphatic hydroxyl groups excluding tert-OH is 3. The summed E-state index contributed by atoms with van der Waals surface area (Å²) in [6.07, 6.45) is 1.86. The van der Waals surface area contributed by atoms with Gasteiger partial charge in [-0.3, -0.25) is 4.79 Å². The monoisotopic (exact) mass is 392 g/mol. The number of carbonyl (C=O) groups is 1. The van der Waals surface area contributed by atoms with Gasteiger partial charge < -0.3 is 25.2 Å². The molecule has 1 aliphatic heterocycles. The fraction of sp³-hybridized carbons (Fsp3) is 0.773. The second-order valence-electron chi connectivity index (χ2n) is 9.98. The van der Waals surface area contributed by atoms with Crippen LogP contribution >= 0.6 is 0 Å². The van der Waals surface area contributed by atoms with Crippen LogP contribution in [0.25, 0.3) is 0 Å². The maximum atomic E-state index is 12.1. The average molecular weight is 392 g/mol. The second-order valence-corrected chi connectivity index (χ2v) is 9.98. The first-order chi connectivity index (χ1) is 13.0. The number of fused-ring (bicyclic) bond motifs is 2. The molecule has 0 aromatic heterocycles. The van der Waals surface area contributed by atoms with Gasteiger partial charge in [-0.25, -0.2) is 0 Å². The van der Waals surface area contributed by atoms with Crippen molar-refractivity contribution in [3.05, 3.63) is 23.8 Å². The molecule has 2 saturated carbocycles. The molecule has 0 amide bonds. The number of carboxylic acids is 1. The minimum absolute atomic E-state index is 0.000837. The molecule has 9 atom stereocenters. The number of allylic oxidation sites excluding steroid dienone is 2. The summed E-state index contributed by atoms with van der Waals surface area (Å²) in [5.74, 6) is -0.719. The minimum Gasteiger partial charge on any atom is -0.481 e. The zero-order chi connectivity index (χ0) is 20.6. The van der Waals surface area contributed by atoms with Gasteiger partial charge in [0.2, 0.25) is 0 Å². The van der Waals surface area contributed by atoms with Crippen molar-refractivity contribution in [2.75, 3.05) is 0 Å². The predicted molar refractivity (Wildman–Crippen MR) is 102 cm³/mol. The summed E-state index contributed by atoms with van der Waals surface area (Å²) < 4.78 is 5.84. The van der Waals surface area contributed by atoms with Gasteiger partial charge >= 0.3 is 5.97 Å². The molecule has 156 valence electrons. The summed E-state index contributed by atoms with van der Waals surface area (Å²) in [6.45, 7) is 9.80. The van der Waals surface area contributed by atoms with Crippen molar-refractivity contribution in [3.8, 4) is 0 Å². The lowest BCUT2D eigenvalue weighted by Gasteiger charge is -2.56. The maximum Gasteiger partial charge on any atom is 0.309 e. The van der Waals surface area contributed by atoms with Gasteiger partial charge in [0.15, 0.2) is 0 Å². The van der Waals surface area contributed by atoms with Crippen molar-refractivity contribution in [2.45, 2.75) is 82.9 Å². The molecule has 1 heterocycles. The van der Waals surface area contributed by atoms with E-state index in [4.69, 9.17) is 4.74 Å². The van der Waals surface area contributed by atoms with Crippen LogP contribution in [0.5, 0.6) is 0 Å². The Morgan fingerprint density at radius 2 is 1.93 bits per heavy atom. The van der Waals surface area contributed by atoms with Gasteiger partial charge in [0.1, 0.15) is 30.0 Å². The summed E-state index contributed by atoms with van der Waals surface area (Å²) in [4.78, 5) is 12.1. The fourth-order valence-corrected chi connectivity index (χ4v) is 6.69. The molecule has 6 heteroatoms. The van der Waals surface area contributed by atoms with Crippen molar-refractivity contribution in [2.24, 2.45) is 22.7 Å². The number of hydrogen-bond acceptors (Lipinski definition) is 5. The van der Waals surface area contributed by atoms with Crippen LogP contribution in [0.3, 0.4) is 0 Å². The zero-order valence-electron chi connectivity index (χ0n) is 16.9. The highest BCUT2D eigenvalue weighted by atomic mass is 16.6. The van der Waals surface area contributed by atoms with Crippen molar-refractivity contribution in [1.29, 1.82) is 0 Å². The lowest BCUT2D eigenvalue weighted by molar-refractivity contribution is -0.163. The molecule has 0 spiro atoms. The van der Waals surface area contributed by atoms with E-state index >= 15 is 0 Å². The number of aliphatic hydroxyl groups is 3. The molecule has 4 N–H and O–H groups in total. The van der Waals surface area contributed by atoms with Crippen LogP contribution in [-0.2, 0) is 9.53 Å². The smallest absolute Gasteiger partial charge is 0.309 e. The highest BCUT2D eigenvalue weighted by Crippen LogP contribution is 2.64. The molecular weight excluding hydrogens is 360 g/mol. The van der Waals surface area contributed by atoms with Crippen molar-refractivity contribution in [1.82, 2.24) is 0 Å². The highest BCUT2D eigenvalue weighted by Gasteiger charge is 2.71. The summed E-state index contributed by atoms with van der Waals surface area (Å²) >= 11 is 0. The Bertz CT molecular complexity index is 745. The number of carboxylic acid groups (broad SMARTS) is 1. The highest BCUT2D eigenvalue weighted by molar-refractivity contribution is 5.75. The minimum atomic E-state index is -1.22. The molecule has 0 unspecified atom stereocenters. The Labute approximate surface area is 165 Å². The van der Waals surface area contributed by atoms with E-state index in [1.807, 2.05) is 6.92 Å². The third-order valence-corrected chi connectivity index (χ3v) is 8.63. The van der Waals surface area contributed by atoms with Crippen LogP contribution in [0.4, 0.5) is 0 Å².